The normalized spacial score (nSPS) is 21.1. The molecule has 1 aromatic rings. The van der Waals surface area contributed by atoms with Gasteiger partial charge in [0.1, 0.15) is 11.5 Å². The molecule has 0 aromatic carbocycles. The summed E-state index contributed by atoms with van der Waals surface area (Å²) in [5.74, 6) is 1.58. The minimum atomic E-state index is -0.0226. The fraction of sp³-hybridized carbons (Fsp3) is 0.778. The molecule has 134 valence electrons. The standard InChI is InChI=1S/C18H30N4O2/c1-13(2)22-9-8-14(11-22)10-19-18(23)21(3)12-16-15-6-4-5-7-17(15)24-20-16/h13-14H,4-12H2,1-3H3,(H,19,23)/t14-/m0/s1. The van der Waals surface area contributed by atoms with Crippen LogP contribution in [0, 0.1) is 5.92 Å². The molecule has 0 unspecified atom stereocenters. The van der Waals surface area contributed by atoms with Crippen LogP contribution in [0.15, 0.2) is 4.52 Å². The molecule has 2 amide bonds. The van der Waals surface area contributed by atoms with Gasteiger partial charge in [0, 0.05) is 38.2 Å². The molecular formula is C18H30N4O2. The SMILES string of the molecule is CC(C)N1CC[C@@H](CNC(=O)N(C)Cc2noc3c2CCCC3)C1. The number of carbonyl (C=O) groups is 1. The molecule has 0 radical (unpaired) electrons. The summed E-state index contributed by atoms with van der Waals surface area (Å²) in [6.07, 6.45) is 5.53. The zero-order chi connectivity index (χ0) is 17.1. The van der Waals surface area contributed by atoms with Crippen molar-refractivity contribution in [3.05, 3.63) is 17.0 Å². The highest BCUT2D eigenvalue weighted by atomic mass is 16.5. The maximum absolute atomic E-state index is 12.4. The van der Waals surface area contributed by atoms with Crippen molar-refractivity contribution in [2.75, 3.05) is 26.7 Å². The summed E-state index contributed by atoms with van der Waals surface area (Å²) in [6, 6.07) is 0.567. The highest BCUT2D eigenvalue weighted by Gasteiger charge is 2.25. The van der Waals surface area contributed by atoms with Gasteiger partial charge in [0.05, 0.1) is 6.54 Å². The second-order valence-corrected chi connectivity index (χ2v) is 7.52. The van der Waals surface area contributed by atoms with Crippen molar-refractivity contribution < 1.29 is 9.32 Å². The van der Waals surface area contributed by atoms with E-state index in [0.29, 0.717) is 18.5 Å². The number of hydrogen-bond acceptors (Lipinski definition) is 4. The maximum atomic E-state index is 12.4. The molecule has 6 nitrogen and oxygen atoms in total. The number of fused-ring (bicyclic) bond motifs is 1. The van der Waals surface area contributed by atoms with Gasteiger partial charge in [-0.1, -0.05) is 5.16 Å². The summed E-state index contributed by atoms with van der Waals surface area (Å²) in [7, 11) is 1.83. The molecule has 0 bridgehead atoms. The molecule has 0 saturated carbocycles. The van der Waals surface area contributed by atoms with Crippen molar-refractivity contribution in [3.63, 3.8) is 0 Å². The predicted octanol–water partition coefficient (Wildman–Crippen LogP) is 2.43. The fourth-order valence-corrected chi connectivity index (χ4v) is 3.73. The van der Waals surface area contributed by atoms with E-state index in [1.165, 1.54) is 24.8 Å². The molecule has 1 aliphatic carbocycles. The van der Waals surface area contributed by atoms with Gasteiger partial charge in [-0.2, -0.15) is 0 Å². The first-order valence-electron chi connectivity index (χ1n) is 9.24. The molecule has 1 saturated heterocycles. The average molecular weight is 334 g/mol. The lowest BCUT2D eigenvalue weighted by molar-refractivity contribution is 0.202. The quantitative estimate of drug-likeness (QED) is 0.898. The first-order chi connectivity index (χ1) is 11.5. The second-order valence-electron chi connectivity index (χ2n) is 7.52. The van der Waals surface area contributed by atoms with E-state index in [1.54, 1.807) is 4.90 Å². The molecule has 1 atom stereocenters. The van der Waals surface area contributed by atoms with Gasteiger partial charge in [-0.3, -0.25) is 0 Å². The van der Waals surface area contributed by atoms with E-state index < -0.39 is 0 Å². The first kappa shape index (κ1) is 17.3. The molecule has 2 heterocycles. The number of aromatic nitrogens is 1. The molecule has 0 spiro atoms. The fourth-order valence-electron chi connectivity index (χ4n) is 3.73. The van der Waals surface area contributed by atoms with E-state index in [4.69, 9.17) is 4.52 Å². The largest absolute Gasteiger partial charge is 0.361 e. The van der Waals surface area contributed by atoms with Gasteiger partial charge in [0.25, 0.3) is 0 Å². The summed E-state index contributed by atoms with van der Waals surface area (Å²) in [5.41, 5.74) is 2.15. The molecular weight excluding hydrogens is 304 g/mol. The van der Waals surface area contributed by atoms with Crippen molar-refractivity contribution in [1.29, 1.82) is 0 Å². The van der Waals surface area contributed by atoms with Crippen LogP contribution in [-0.2, 0) is 19.4 Å². The number of likely N-dealkylation sites (tertiary alicyclic amines) is 1. The van der Waals surface area contributed by atoms with Crippen LogP contribution in [-0.4, -0.2) is 53.7 Å². The van der Waals surface area contributed by atoms with E-state index in [2.05, 4.69) is 29.2 Å². The number of amides is 2. The average Bonchev–Trinajstić information content (AvgIpc) is 3.20. The number of nitrogens with zero attached hydrogens (tertiary/aromatic N) is 3. The smallest absolute Gasteiger partial charge is 0.317 e. The summed E-state index contributed by atoms with van der Waals surface area (Å²) in [5, 5.41) is 7.26. The molecule has 1 fully saturated rings. The van der Waals surface area contributed by atoms with E-state index in [1.807, 2.05) is 7.05 Å². The molecule has 3 rings (SSSR count). The third-order valence-corrected chi connectivity index (χ3v) is 5.35. The van der Waals surface area contributed by atoms with Crippen molar-refractivity contribution in [1.82, 2.24) is 20.3 Å². The molecule has 2 aliphatic rings. The van der Waals surface area contributed by atoms with E-state index in [-0.39, 0.29) is 6.03 Å². The Kier molecular flexibility index (Phi) is 5.43. The third kappa shape index (κ3) is 3.91. The van der Waals surface area contributed by atoms with Gasteiger partial charge in [-0.25, -0.2) is 4.79 Å². The van der Waals surface area contributed by atoms with E-state index in [9.17, 15) is 4.79 Å². The Bertz CT molecular complexity index is 569. The zero-order valence-corrected chi connectivity index (χ0v) is 15.2. The lowest BCUT2D eigenvalue weighted by atomic mass is 9.96. The lowest BCUT2D eigenvalue weighted by Crippen LogP contribution is -2.40. The number of urea groups is 1. The lowest BCUT2D eigenvalue weighted by Gasteiger charge is -2.21. The topological polar surface area (TPSA) is 61.6 Å². The Morgan fingerprint density at radius 1 is 1.42 bits per heavy atom. The summed E-state index contributed by atoms with van der Waals surface area (Å²) < 4.78 is 5.43. The van der Waals surface area contributed by atoms with Crippen molar-refractivity contribution in [2.45, 2.75) is 58.5 Å². The van der Waals surface area contributed by atoms with Crippen molar-refractivity contribution in [2.24, 2.45) is 5.92 Å². The van der Waals surface area contributed by atoms with Crippen LogP contribution >= 0.6 is 0 Å². The number of hydrogen-bond donors (Lipinski definition) is 1. The van der Waals surface area contributed by atoms with Gasteiger partial charge in [-0.05, 0) is 52.0 Å². The molecule has 6 heteroatoms. The Morgan fingerprint density at radius 2 is 2.21 bits per heavy atom. The van der Waals surface area contributed by atoms with E-state index in [0.717, 1.165) is 43.9 Å². The minimum Gasteiger partial charge on any atom is -0.361 e. The van der Waals surface area contributed by atoms with Crippen LogP contribution in [0.25, 0.3) is 0 Å². The van der Waals surface area contributed by atoms with Crippen LogP contribution in [0.1, 0.15) is 50.1 Å². The molecule has 1 N–H and O–H groups in total. The predicted molar refractivity (Wildman–Crippen MR) is 92.8 cm³/mol. The van der Waals surface area contributed by atoms with Crippen LogP contribution in [0.3, 0.4) is 0 Å². The highest BCUT2D eigenvalue weighted by molar-refractivity contribution is 5.73. The van der Waals surface area contributed by atoms with Crippen LogP contribution < -0.4 is 5.32 Å². The Morgan fingerprint density at radius 3 is 2.96 bits per heavy atom. The van der Waals surface area contributed by atoms with E-state index >= 15 is 0 Å². The molecule has 1 aliphatic heterocycles. The summed E-state index contributed by atoms with van der Waals surface area (Å²) in [6.45, 7) is 7.95. The maximum Gasteiger partial charge on any atom is 0.317 e. The Balaban J connectivity index is 1.46. The van der Waals surface area contributed by atoms with Crippen molar-refractivity contribution in [3.8, 4) is 0 Å². The van der Waals surface area contributed by atoms with Crippen LogP contribution in [0.4, 0.5) is 4.79 Å². The first-order valence-corrected chi connectivity index (χ1v) is 9.24. The molecule has 24 heavy (non-hydrogen) atoms. The number of rotatable bonds is 5. The minimum absolute atomic E-state index is 0.0226. The Hall–Kier alpha value is -1.56. The van der Waals surface area contributed by atoms with Crippen LogP contribution in [0.2, 0.25) is 0 Å². The van der Waals surface area contributed by atoms with Gasteiger partial charge in [-0.15, -0.1) is 0 Å². The Labute approximate surface area is 144 Å². The summed E-state index contributed by atoms with van der Waals surface area (Å²) in [4.78, 5) is 16.5. The van der Waals surface area contributed by atoms with Gasteiger partial charge in [0.2, 0.25) is 0 Å². The van der Waals surface area contributed by atoms with Gasteiger partial charge >= 0.3 is 6.03 Å². The number of nitrogens with one attached hydrogen (secondary N) is 1. The third-order valence-electron chi connectivity index (χ3n) is 5.35. The van der Waals surface area contributed by atoms with Crippen LogP contribution in [0.5, 0.6) is 0 Å². The van der Waals surface area contributed by atoms with Gasteiger partial charge in [0.15, 0.2) is 0 Å². The highest BCUT2D eigenvalue weighted by Crippen LogP contribution is 2.25. The number of aryl methyl sites for hydroxylation is 1. The summed E-state index contributed by atoms with van der Waals surface area (Å²) >= 11 is 0. The van der Waals surface area contributed by atoms with Crippen molar-refractivity contribution >= 4 is 6.03 Å². The zero-order valence-electron chi connectivity index (χ0n) is 15.2. The second kappa shape index (κ2) is 7.55. The van der Waals surface area contributed by atoms with Gasteiger partial charge < -0.3 is 19.6 Å². The monoisotopic (exact) mass is 334 g/mol. The molecule has 1 aromatic heterocycles. The number of carbonyl (C=O) groups excluding carboxylic acids is 1.